The van der Waals surface area contributed by atoms with Gasteiger partial charge in [0.1, 0.15) is 19.0 Å². The number of carbonyl (C=O) groups is 1. The van der Waals surface area contributed by atoms with Gasteiger partial charge >= 0.3 is 0 Å². The smallest absolute Gasteiger partial charge is 0.227 e. The lowest BCUT2D eigenvalue weighted by Crippen LogP contribution is -2.40. The Labute approximate surface area is 224 Å². The second kappa shape index (κ2) is 13.1. The van der Waals surface area contributed by atoms with Crippen molar-refractivity contribution in [2.24, 2.45) is 0 Å². The molecular weight excluding hydrogens is 486 g/mol. The zero-order chi connectivity index (χ0) is 27.8. The first-order chi connectivity index (χ1) is 18.1. The van der Waals surface area contributed by atoms with Crippen LogP contribution in [0, 0.1) is 10.1 Å². The van der Waals surface area contributed by atoms with Crippen LogP contribution < -0.4 is 18.9 Å². The summed E-state index contributed by atoms with van der Waals surface area (Å²) in [6, 6.07) is 9.57. The first kappa shape index (κ1) is 28.8. The molecule has 1 aliphatic rings. The second-order valence-electron chi connectivity index (χ2n) is 9.94. The van der Waals surface area contributed by atoms with Crippen LogP contribution in [0.1, 0.15) is 63.5 Å². The Bertz CT molecular complexity index is 1120. The van der Waals surface area contributed by atoms with E-state index in [2.05, 4.69) is 0 Å². The average Bonchev–Trinajstić information content (AvgIpc) is 2.87. The predicted octanol–water partition coefficient (Wildman–Crippen LogP) is 6.27. The van der Waals surface area contributed by atoms with Crippen LogP contribution in [-0.2, 0) is 4.79 Å². The van der Waals surface area contributed by atoms with Crippen molar-refractivity contribution in [1.82, 2.24) is 0 Å². The molecule has 1 fully saturated rings. The maximum Gasteiger partial charge on any atom is 0.227 e. The molecule has 1 saturated carbocycles. The summed E-state index contributed by atoms with van der Waals surface area (Å²) in [6.07, 6.45) is 4.08. The maximum atomic E-state index is 12.9. The summed E-state index contributed by atoms with van der Waals surface area (Å²) in [4.78, 5) is 25.1. The zero-order valence-corrected chi connectivity index (χ0v) is 23.0. The van der Waals surface area contributed by atoms with Gasteiger partial charge < -0.3 is 18.9 Å². The molecule has 0 spiro atoms. The van der Waals surface area contributed by atoms with E-state index in [-0.39, 0.29) is 23.5 Å². The minimum absolute atomic E-state index is 0.0243. The fraction of sp³-hybridized carbons (Fsp3) is 0.433. The Balaban J connectivity index is 1.94. The van der Waals surface area contributed by atoms with Crippen molar-refractivity contribution >= 4 is 5.78 Å². The van der Waals surface area contributed by atoms with Crippen LogP contribution in [-0.4, -0.2) is 44.2 Å². The van der Waals surface area contributed by atoms with Crippen LogP contribution in [0.15, 0.2) is 59.7 Å². The van der Waals surface area contributed by atoms with Gasteiger partial charge in [-0.05, 0) is 75.2 Å². The fourth-order valence-corrected chi connectivity index (χ4v) is 4.68. The van der Waals surface area contributed by atoms with E-state index in [4.69, 9.17) is 18.9 Å². The Hall–Kier alpha value is -3.81. The van der Waals surface area contributed by atoms with Crippen molar-refractivity contribution in [1.29, 1.82) is 0 Å². The van der Waals surface area contributed by atoms with Crippen LogP contribution in [0.2, 0.25) is 0 Å². The number of carbonyl (C=O) groups excluding carboxylic acids is 1. The number of ether oxygens (including phenoxy) is 4. The third-order valence-electron chi connectivity index (χ3n) is 6.66. The number of ketones is 1. The van der Waals surface area contributed by atoms with Crippen LogP contribution in [0.25, 0.3) is 0 Å². The van der Waals surface area contributed by atoms with Gasteiger partial charge in [0.15, 0.2) is 23.0 Å². The van der Waals surface area contributed by atoms with Gasteiger partial charge in [-0.3, -0.25) is 14.9 Å². The van der Waals surface area contributed by atoms with E-state index < -0.39 is 17.9 Å². The van der Waals surface area contributed by atoms with E-state index in [1.807, 2.05) is 39.8 Å². The molecule has 2 aromatic carbocycles. The topological polar surface area (TPSA) is 97.1 Å². The lowest BCUT2D eigenvalue weighted by atomic mass is 9.71. The number of Topliss-reactive ketones (excluding diaryl/α,β-unsaturated/α-hetero) is 1. The number of allylic oxidation sites excluding steroid dienone is 2. The minimum atomic E-state index is -1.00. The van der Waals surface area contributed by atoms with Gasteiger partial charge in [-0.2, -0.15) is 0 Å². The quantitative estimate of drug-likeness (QED) is 0.194. The summed E-state index contributed by atoms with van der Waals surface area (Å²) in [5.74, 6) is 0.774. The molecule has 3 rings (SSSR count). The summed E-state index contributed by atoms with van der Waals surface area (Å²) >= 11 is 0. The zero-order valence-electron chi connectivity index (χ0n) is 23.0. The largest absolute Gasteiger partial charge is 0.493 e. The molecule has 0 heterocycles. The highest BCUT2D eigenvalue weighted by Gasteiger charge is 2.47. The first-order valence-corrected chi connectivity index (χ1v) is 12.7. The molecular formula is C30H37NO7. The van der Waals surface area contributed by atoms with Crippen molar-refractivity contribution in [3.63, 3.8) is 0 Å². The minimum Gasteiger partial charge on any atom is -0.493 e. The van der Waals surface area contributed by atoms with Gasteiger partial charge in [-0.15, -0.1) is 0 Å². The summed E-state index contributed by atoms with van der Waals surface area (Å²) < 4.78 is 22.7. The molecule has 2 aromatic rings. The monoisotopic (exact) mass is 523 g/mol. The van der Waals surface area contributed by atoms with E-state index in [1.165, 1.54) is 14.2 Å². The molecule has 38 heavy (non-hydrogen) atoms. The highest BCUT2D eigenvalue weighted by atomic mass is 16.6. The number of nitrogens with zero attached hydrogens (tertiary/aromatic N) is 1. The Morgan fingerprint density at radius 2 is 1.24 bits per heavy atom. The van der Waals surface area contributed by atoms with E-state index in [1.54, 1.807) is 36.4 Å². The highest BCUT2D eigenvalue weighted by Crippen LogP contribution is 2.45. The maximum absolute atomic E-state index is 12.9. The molecule has 8 heteroatoms. The van der Waals surface area contributed by atoms with Gasteiger partial charge in [-0.1, -0.05) is 23.3 Å². The van der Waals surface area contributed by atoms with Crippen molar-refractivity contribution in [2.75, 3.05) is 27.4 Å². The molecule has 0 aliphatic heterocycles. The second-order valence-corrected chi connectivity index (χ2v) is 9.94. The standard InChI is InChI=1S/C30H37NO7/c1-19(2)11-13-37-26-9-7-21(15-28(26)35-5)24-17-23(32)18-25(30(24)31(33)34)22-8-10-27(29(16-22)36-6)38-14-12-20(3)4/h7-12,15-16,24-25,30H,13-14,17-18H2,1-6H3. The number of benzene rings is 2. The molecule has 0 amide bonds. The van der Waals surface area contributed by atoms with Crippen molar-refractivity contribution in [3.05, 3.63) is 80.9 Å². The number of rotatable bonds is 11. The van der Waals surface area contributed by atoms with Crippen LogP contribution in [0.5, 0.6) is 23.0 Å². The lowest BCUT2D eigenvalue weighted by Gasteiger charge is -2.32. The van der Waals surface area contributed by atoms with Gasteiger partial charge in [0, 0.05) is 17.8 Å². The Morgan fingerprint density at radius 1 is 0.816 bits per heavy atom. The van der Waals surface area contributed by atoms with Crippen molar-refractivity contribution < 1.29 is 28.7 Å². The summed E-state index contributed by atoms with van der Waals surface area (Å²) in [7, 11) is 3.06. The molecule has 2 atom stereocenters. The summed E-state index contributed by atoms with van der Waals surface area (Å²) in [5, 5.41) is 12.5. The van der Waals surface area contributed by atoms with Crippen molar-refractivity contribution in [2.45, 2.75) is 58.4 Å². The van der Waals surface area contributed by atoms with E-state index in [0.717, 1.165) is 11.1 Å². The van der Waals surface area contributed by atoms with Crippen molar-refractivity contribution in [3.8, 4) is 23.0 Å². The molecule has 0 saturated heterocycles. The van der Waals surface area contributed by atoms with Gasteiger partial charge in [-0.25, -0.2) is 0 Å². The predicted molar refractivity (Wildman–Crippen MR) is 146 cm³/mol. The lowest BCUT2D eigenvalue weighted by molar-refractivity contribution is -0.532. The number of methoxy groups -OCH3 is 2. The first-order valence-electron chi connectivity index (χ1n) is 12.7. The molecule has 0 radical (unpaired) electrons. The third-order valence-corrected chi connectivity index (χ3v) is 6.66. The molecule has 204 valence electrons. The molecule has 8 nitrogen and oxygen atoms in total. The van der Waals surface area contributed by atoms with Gasteiger partial charge in [0.25, 0.3) is 0 Å². The normalized spacial score (nSPS) is 18.8. The number of hydrogen-bond acceptors (Lipinski definition) is 7. The third kappa shape index (κ3) is 7.15. The summed E-state index contributed by atoms with van der Waals surface area (Å²) in [5.41, 5.74) is 3.60. The van der Waals surface area contributed by atoms with Crippen LogP contribution in [0.3, 0.4) is 0 Å². The molecule has 0 N–H and O–H groups in total. The molecule has 0 bridgehead atoms. The van der Waals surface area contributed by atoms with E-state index in [9.17, 15) is 14.9 Å². The van der Waals surface area contributed by atoms with E-state index in [0.29, 0.717) is 47.3 Å². The average molecular weight is 524 g/mol. The fourth-order valence-electron chi connectivity index (χ4n) is 4.68. The number of hydrogen-bond donors (Lipinski definition) is 0. The molecule has 2 unspecified atom stereocenters. The van der Waals surface area contributed by atoms with E-state index >= 15 is 0 Å². The van der Waals surface area contributed by atoms with Crippen LogP contribution in [0.4, 0.5) is 0 Å². The Morgan fingerprint density at radius 3 is 1.58 bits per heavy atom. The number of nitro groups is 1. The summed E-state index contributed by atoms with van der Waals surface area (Å²) in [6.45, 7) is 8.71. The molecule has 0 aromatic heterocycles. The SMILES string of the molecule is COc1cc(C2CC(=O)CC(c3ccc(OCC=C(C)C)c(OC)c3)C2[N+](=O)[O-])ccc1OCC=C(C)C. The highest BCUT2D eigenvalue weighted by molar-refractivity contribution is 5.82. The van der Waals surface area contributed by atoms with Gasteiger partial charge in [0.2, 0.25) is 6.04 Å². The Kier molecular flexibility index (Phi) is 9.93. The molecule has 1 aliphatic carbocycles. The van der Waals surface area contributed by atoms with Crippen LogP contribution >= 0.6 is 0 Å². The van der Waals surface area contributed by atoms with Gasteiger partial charge in [0.05, 0.1) is 26.1 Å².